The first-order valence-electron chi connectivity index (χ1n) is 20.7. The van der Waals surface area contributed by atoms with Gasteiger partial charge in [0.15, 0.2) is 0 Å². The Morgan fingerprint density at radius 2 is 0.950 bits per heavy atom. The van der Waals surface area contributed by atoms with E-state index >= 15 is 0 Å². The van der Waals surface area contributed by atoms with Gasteiger partial charge >= 0.3 is 0 Å². The molecule has 0 saturated carbocycles. The second-order valence-electron chi connectivity index (χ2n) is 14.9. The van der Waals surface area contributed by atoms with E-state index in [0.29, 0.717) is 5.95 Å². The minimum absolute atomic E-state index is 0.646. The van der Waals surface area contributed by atoms with Gasteiger partial charge in [0, 0.05) is 43.4 Å². The van der Waals surface area contributed by atoms with Gasteiger partial charge in [-0.25, -0.2) is 9.97 Å². The first kappa shape index (κ1) is 35.4. The molecule has 4 heteroatoms. The summed E-state index contributed by atoms with van der Waals surface area (Å²) in [6.45, 7) is 4.00. The van der Waals surface area contributed by atoms with Crippen molar-refractivity contribution >= 4 is 65.4 Å². The summed E-state index contributed by atoms with van der Waals surface area (Å²) in [4.78, 5) is 10.8. The summed E-state index contributed by atoms with van der Waals surface area (Å²) in [6, 6.07) is 71.0. The average Bonchev–Trinajstić information content (AvgIpc) is 3.88. The van der Waals surface area contributed by atoms with Crippen molar-refractivity contribution < 1.29 is 4.42 Å². The monoisotopic (exact) mass is 769 g/mol. The molecular formula is C56H39N3O. The van der Waals surface area contributed by atoms with Crippen LogP contribution in [0.2, 0.25) is 0 Å². The first-order valence-corrected chi connectivity index (χ1v) is 20.7. The zero-order chi connectivity index (χ0) is 40.2. The molecule has 0 radical (unpaired) electrons. The Balaban J connectivity index is 0.00000201. The third-order valence-corrected chi connectivity index (χ3v) is 11.6. The van der Waals surface area contributed by atoms with Crippen molar-refractivity contribution in [1.82, 2.24) is 14.5 Å². The van der Waals surface area contributed by atoms with Gasteiger partial charge in [0.05, 0.1) is 22.2 Å². The second kappa shape index (κ2) is 14.5. The van der Waals surface area contributed by atoms with Crippen LogP contribution in [0.25, 0.3) is 116 Å². The number of hydrogen-bond acceptors (Lipinski definition) is 3. The van der Waals surface area contributed by atoms with E-state index in [1.54, 1.807) is 0 Å². The number of furan rings is 1. The largest absolute Gasteiger partial charge is 0.456 e. The van der Waals surface area contributed by atoms with Gasteiger partial charge in [-0.05, 0) is 69.6 Å². The lowest BCUT2D eigenvalue weighted by atomic mass is 9.95. The molecule has 0 amide bonds. The topological polar surface area (TPSA) is 43.9 Å². The van der Waals surface area contributed by atoms with Crippen LogP contribution >= 0.6 is 0 Å². The standard InChI is InChI=1S/C54H33N3O.C2H6/c1-2-14-35(15-3-1)51-46-22-6-8-25-48(46)55-54(56-51)57-52-41-20-5-4-13-34(41)27-29-45(52)44-24-12-23-42(53(44)57)40-19-11-18-38(32-40)36-16-10-17-37(31-36)39-28-30-50-47(33-39)43-21-7-9-26-49(43)58-50;1-2/h1-33H;1-2H3. The van der Waals surface area contributed by atoms with E-state index in [-0.39, 0.29) is 0 Å². The van der Waals surface area contributed by atoms with Gasteiger partial charge in [0.1, 0.15) is 11.2 Å². The number of aromatic nitrogens is 3. The molecule has 0 atom stereocenters. The molecule has 0 aliphatic heterocycles. The van der Waals surface area contributed by atoms with Crippen molar-refractivity contribution in [3.8, 4) is 50.6 Å². The molecule has 3 heterocycles. The molecule has 0 aliphatic carbocycles. The SMILES string of the molecule is CC.c1ccc(-c2nc(-n3c4c(-c5cccc(-c6cccc(-c7ccc8oc9ccccc9c8c7)c6)c5)cccc4c4ccc5ccccc5c43)nc3ccccc23)cc1. The second-order valence-corrected chi connectivity index (χ2v) is 14.9. The maximum absolute atomic E-state index is 6.13. The zero-order valence-electron chi connectivity index (χ0n) is 33.3. The molecule has 0 bridgehead atoms. The smallest absolute Gasteiger partial charge is 0.235 e. The highest BCUT2D eigenvalue weighted by Gasteiger charge is 2.22. The Morgan fingerprint density at radius 1 is 0.367 bits per heavy atom. The van der Waals surface area contributed by atoms with Gasteiger partial charge in [0.2, 0.25) is 5.95 Å². The Kier molecular flexibility index (Phi) is 8.56. The molecule has 284 valence electrons. The number of nitrogens with zero attached hydrogens (tertiary/aromatic N) is 3. The fourth-order valence-electron chi connectivity index (χ4n) is 8.89. The minimum Gasteiger partial charge on any atom is -0.456 e. The lowest BCUT2D eigenvalue weighted by Gasteiger charge is -2.15. The summed E-state index contributed by atoms with van der Waals surface area (Å²) >= 11 is 0. The fraction of sp³-hybridized carbons (Fsp3) is 0.0357. The predicted octanol–water partition coefficient (Wildman–Crippen LogP) is 15.5. The summed E-state index contributed by atoms with van der Waals surface area (Å²) < 4.78 is 8.44. The first-order chi connectivity index (χ1) is 29.7. The fourth-order valence-corrected chi connectivity index (χ4v) is 8.89. The Hall–Kier alpha value is -7.82. The average molecular weight is 770 g/mol. The molecular weight excluding hydrogens is 731 g/mol. The van der Waals surface area contributed by atoms with Gasteiger partial charge in [-0.2, -0.15) is 0 Å². The lowest BCUT2D eigenvalue weighted by Crippen LogP contribution is -2.04. The molecule has 0 unspecified atom stereocenters. The van der Waals surface area contributed by atoms with E-state index in [0.717, 1.165) is 99.3 Å². The number of para-hydroxylation sites is 3. The van der Waals surface area contributed by atoms with E-state index < -0.39 is 0 Å². The number of fused-ring (bicyclic) bond motifs is 9. The third kappa shape index (κ3) is 5.76. The van der Waals surface area contributed by atoms with Gasteiger partial charge in [0.25, 0.3) is 0 Å². The highest BCUT2D eigenvalue weighted by molar-refractivity contribution is 6.21. The summed E-state index contributed by atoms with van der Waals surface area (Å²) in [7, 11) is 0. The predicted molar refractivity (Wildman–Crippen MR) is 252 cm³/mol. The molecule has 3 aromatic heterocycles. The van der Waals surface area contributed by atoms with Crippen molar-refractivity contribution in [2.45, 2.75) is 13.8 Å². The van der Waals surface area contributed by atoms with Crippen LogP contribution in [0.15, 0.2) is 205 Å². The van der Waals surface area contributed by atoms with Crippen LogP contribution in [-0.2, 0) is 0 Å². The van der Waals surface area contributed by atoms with E-state index in [1.165, 1.54) is 10.8 Å². The quantitative estimate of drug-likeness (QED) is 0.175. The van der Waals surface area contributed by atoms with E-state index in [9.17, 15) is 0 Å². The molecule has 0 saturated heterocycles. The van der Waals surface area contributed by atoms with Gasteiger partial charge in [-0.3, -0.25) is 4.57 Å². The van der Waals surface area contributed by atoms with Crippen molar-refractivity contribution in [2.24, 2.45) is 0 Å². The Labute approximate surface area is 347 Å². The molecule has 0 fully saturated rings. The number of benzene rings is 9. The Morgan fingerprint density at radius 3 is 1.77 bits per heavy atom. The van der Waals surface area contributed by atoms with Gasteiger partial charge in [-0.15, -0.1) is 0 Å². The van der Waals surface area contributed by atoms with Gasteiger partial charge in [-0.1, -0.05) is 178 Å². The third-order valence-electron chi connectivity index (χ3n) is 11.6. The Bertz CT molecular complexity index is 3580. The molecule has 0 aliphatic rings. The molecule has 9 aromatic carbocycles. The van der Waals surface area contributed by atoms with Crippen LogP contribution in [0, 0.1) is 0 Å². The highest BCUT2D eigenvalue weighted by atomic mass is 16.3. The van der Waals surface area contributed by atoms with Gasteiger partial charge < -0.3 is 4.42 Å². The van der Waals surface area contributed by atoms with Crippen molar-refractivity contribution in [3.05, 3.63) is 200 Å². The van der Waals surface area contributed by atoms with Crippen LogP contribution in [0.4, 0.5) is 0 Å². The summed E-state index contributed by atoms with van der Waals surface area (Å²) in [5, 5.41) is 7.94. The molecule has 60 heavy (non-hydrogen) atoms. The maximum atomic E-state index is 6.13. The van der Waals surface area contributed by atoms with Crippen LogP contribution < -0.4 is 0 Å². The van der Waals surface area contributed by atoms with Crippen LogP contribution in [0.3, 0.4) is 0 Å². The number of hydrogen-bond donors (Lipinski definition) is 0. The zero-order valence-corrected chi connectivity index (χ0v) is 33.3. The van der Waals surface area contributed by atoms with Crippen molar-refractivity contribution in [3.63, 3.8) is 0 Å². The van der Waals surface area contributed by atoms with E-state index in [4.69, 9.17) is 14.4 Å². The van der Waals surface area contributed by atoms with Crippen LogP contribution in [0.1, 0.15) is 13.8 Å². The molecule has 0 spiro atoms. The van der Waals surface area contributed by atoms with E-state index in [1.807, 2.05) is 32.0 Å². The minimum atomic E-state index is 0.646. The molecule has 4 nitrogen and oxygen atoms in total. The lowest BCUT2D eigenvalue weighted by molar-refractivity contribution is 0.669. The van der Waals surface area contributed by atoms with Crippen molar-refractivity contribution in [2.75, 3.05) is 0 Å². The summed E-state index contributed by atoms with van der Waals surface area (Å²) in [5.74, 6) is 0.646. The normalized spacial score (nSPS) is 11.5. The molecule has 0 N–H and O–H groups in total. The highest BCUT2D eigenvalue weighted by Crippen LogP contribution is 2.42. The van der Waals surface area contributed by atoms with E-state index in [2.05, 4.69) is 187 Å². The molecule has 12 rings (SSSR count). The number of rotatable bonds is 5. The summed E-state index contributed by atoms with van der Waals surface area (Å²) in [6.07, 6.45) is 0. The molecule has 12 aromatic rings. The summed E-state index contributed by atoms with van der Waals surface area (Å²) in [5.41, 5.74) is 13.7. The van der Waals surface area contributed by atoms with Crippen LogP contribution in [0.5, 0.6) is 0 Å². The van der Waals surface area contributed by atoms with Crippen molar-refractivity contribution in [1.29, 1.82) is 0 Å². The maximum Gasteiger partial charge on any atom is 0.235 e. The van der Waals surface area contributed by atoms with Crippen LogP contribution in [-0.4, -0.2) is 14.5 Å².